The van der Waals surface area contributed by atoms with Gasteiger partial charge in [-0.2, -0.15) is 5.10 Å². The number of carbonyl (C=O) groups excluding carboxylic acids is 1. The van der Waals surface area contributed by atoms with Gasteiger partial charge in [0.2, 0.25) is 0 Å². The zero-order chi connectivity index (χ0) is 44.8. The number of aromatic nitrogens is 4. The van der Waals surface area contributed by atoms with Crippen molar-refractivity contribution in [3.8, 4) is 5.69 Å². The molecule has 2 aliphatic heterocycles. The van der Waals surface area contributed by atoms with Crippen LogP contribution in [0.25, 0.3) is 33.3 Å². The van der Waals surface area contributed by atoms with Crippen LogP contribution in [-0.2, 0) is 10.0 Å². The summed E-state index contributed by atoms with van der Waals surface area (Å²) in [5.74, 6) is -0.564. The number of amides is 1. The molecule has 65 heavy (non-hydrogen) atoms. The van der Waals surface area contributed by atoms with Crippen LogP contribution in [0.15, 0.2) is 95.7 Å². The number of rotatable bonds is 12. The van der Waals surface area contributed by atoms with Crippen molar-refractivity contribution < 1.29 is 18.1 Å². The maximum Gasteiger partial charge on any atom is 0.293 e. The molecule has 1 amide bonds. The number of hydrogen-bond donors (Lipinski definition) is 3. The molecule has 1 aliphatic carbocycles. The zero-order valence-corrected chi connectivity index (χ0v) is 39.1. The van der Waals surface area contributed by atoms with Gasteiger partial charge in [0.05, 0.1) is 32.8 Å². The van der Waals surface area contributed by atoms with E-state index in [-0.39, 0.29) is 34.8 Å². The van der Waals surface area contributed by atoms with Gasteiger partial charge in [0, 0.05) is 67.6 Å². The van der Waals surface area contributed by atoms with Crippen LogP contribution in [0, 0.1) is 21.4 Å². The molecule has 15 nitrogen and oxygen atoms in total. The monoisotopic (exact) mass is 940 g/mol. The number of nitrogens with one attached hydrogen (secondary N) is 3. The number of allylic oxidation sites excluding steroid dienone is 1. The number of pyridine rings is 1. The van der Waals surface area contributed by atoms with E-state index in [1.165, 1.54) is 28.8 Å². The second-order valence-electron chi connectivity index (χ2n) is 18.3. The number of likely N-dealkylation sites (tertiary alicyclic amines) is 1. The Balaban J connectivity index is 0.00000576. The fourth-order valence-electron chi connectivity index (χ4n) is 9.33. The van der Waals surface area contributed by atoms with E-state index < -0.39 is 25.7 Å². The number of piperidine rings is 1. The Hall–Kier alpha value is -5.52. The fraction of sp³-hybridized carbons (Fsp3) is 0.383. The number of carbonyl (C=O) groups is 1. The summed E-state index contributed by atoms with van der Waals surface area (Å²) in [6, 6.07) is 21.0. The maximum absolute atomic E-state index is 14.2. The summed E-state index contributed by atoms with van der Waals surface area (Å²) in [6.45, 7) is 11.1. The highest BCUT2D eigenvalue weighted by atomic mass is 35.5. The van der Waals surface area contributed by atoms with E-state index in [1.54, 1.807) is 23.1 Å². The molecule has 3 N–H and O–H groups in total. The molecule has 5 heterocycles. The van der Waals surface area contributed by atoms with Crippen LogP contribution in [0.1, 0.15) is 61.9 Å². The number of benzene rings is 3. The third kappa shape index (κ3) is 10.0. The van der Waals surface area contributed by atoms with E-state index >= 15 is 0 Å². The topological polar surface area (TPSA) is 175 Å². The molecule has 3 aromatic heterocycles. The Morgan fingerprint density at radius 2 is 1.74 bits per heavy atom. The summed E-state index contributed by atoms with van der Waals surface area (Å²) in [5, 5.41) is 21.6. The number of nitrogens with zero attached hydrogens (tertiary/aromatic N) is 7. The lowest BCUT2D eigenvalue weighted by Gasteiger charge is -2.39. The van der Waals surface area contributed by atoms with Crippen molar-refractivity contribution >= 4 is 84.6 Å². The third-order valence-corrected chi connectivity index (χ3v) is 14.8. The van der Waals surface area contributed by atoms with Crippen molar-refractivity contribution in [2.24, 2.45) is 11.3 Å². The lowest BCUT2D eigenvalue weighted by molar-refractivity contribution is -0.384. The molecule has 0 radical (unpaired) electrons. The minimum Gasteiger partial charge on any atom is -0.379 e. The fourth-order valence-corrected chi connectivity index (χ4v) is 10.4. The van der Waals surface area contributed by atoms with Crippen LogP contribution < -0.4 is 14.9 Å². The molecular formula is C47H54Cl2N10O5S. The van der Waals surface area contributed by atoms with Crippen molar-refractivity contribution in [1.29, 1.82) is 0 Å². The lowest BCUT2D eigenvalue weighted by atomic mass is 9.72. The molecule has 6 aromatic rings. The number of halogens is 2. The largest absolute Gasteiger partial charge is 0.379 e. The van der Waals surface area contributed by atoms with Gasteiger partial charge >= 0.3 is 0 Å². The Morgan fingerprint density at radius 3 is 2.48 bits per heavy atom. The van der Waals surface area contributed by atoms with Gasteiger partial charge in [0.25, 0.3) is 21.6 Å². The molecule has 2 fully saturated rings. The molecule has 342 valence electrons. The molecule has 0 saturated carbocycles. The van der Waals surface area contributed by atoms with Crippen molar-refractivity contribution in [2.75, 3.05) is 69.6 Å². The molecular weight excluding hydrogens is 888 g/mol. The first kappa shape index (κ1) is 46.0. The summed E-state index contributed by atoms with van der Waals surface area (Å²) in [5.41, 5.74) is 7.36. The first-order chi connectivity index (χ1) is 30.7. The second kappa shape index (κ2) is 18.8. The molecule has 18 heteroatoms. The SMILES string of the molecule is CN1CCC(CNc2ccc(S(=O)(=O)NC(=O)c3ccc(N4CCN(CC5=C(c6ccc(Cl)cc6)CC(C)(C)CC5)CC4)cc3-n3ncc4nc5[nH]ccc5cc43)cc2[N+](=O)[O-])CC1.Cl. The normalized spacial score (nSPS) is 17.6. The average molecular weight is 942 g/mol. The number of anilines is 2. The van der Waals surface area contributed by atoms with Crippen LogP contribution >= 0.6 is 24.0 Å². The van der Waals surface area contributed by atoms with Gasteiger partial charge in [-0.05, 0) is 129 Å². The predicted octanol–water partition coefficient (Wildman–Crippen LogP) is 8.54. The molecule has 3 aliphatic rings. The number of H-pyrrole nitrogens is 1. The Kier molecular flexibility index (Phi) is 13.3. The Morgan fingerprint density at radius 1 is 0.985 bits per heavy atom. The summed E-state index contributed by atoms with van der Waals surface area (Å²) in [4.78, 5) is 40.3. The van der Waals surface area contributed by atoms with E-state index in [9.17, 15) is 23.3 Å². The first-order valence-corrected chi connectivity index (χ1v) is 23.7. The number of hydrogen-bond acceptors (Lipinski definition) is 11. The van der Waals surface area contributed by atoms with Crippen LogP contribution in [0.4, 0.5) is 17.1 Å². The van der Waals surface area contributed by atoms with E-state index in [1.807, 2.05) is 36.4 Å². The highest BCUT2D eigenvalue weighted by Gasteiger charge is 2.31. The van der Waals surface area contributed by atoms with Gasteiger partial charge in [-0.1, -0.05) is 43.2 Å². The minimum atomic E-state index is -4.56. The molecule has 9 rings (SSSR count). The molecule has 3 aromatic carbocycles. The van der Waals surface area contributed by atoms with Crippen LogP contribution in [-0.4, -0.2) is 108 Å². The van der Waals surface area contributed by atoms with Crippen molar-refractivity contribution in [2.45, 2.75) is 50.8 Å². The average Bonchev–Trinajstić information content (AvgIpc) is 3.92. The van der Waals surface area contributed by atoms with E-state index in [2.05, 4.69) is 67.8 Å². The molecule has 2 saturated heterocycles. The van der Waals surface area contributed by atoms with E-state index in [0.29, 0.717) is 34.8 Å². The second-order valence-corrected chi connectivity index (χ2v) is 20.4. The standard InChI is InChI=1S/C47H53ClN10O5S.ClH/c1-47(2)16-12-34(39(27-47)32-4-6-35(48)7-5-32)30-55-20-22-56(23-21-55)36-8-10-38(42(25-36)57-43-24-33-13-17-49-45(33)52-41(43)29-51-57)46(59)53-64(62,63)37-9-11-40(44(26-37)58(60)61)50-28-31-14-18-54(3)19-15-31;/h4-11,13,17,24-26,29,31,50H,12,14-16,18-23,27-28,30H2,1-3H3,(H,49,52)(H,53,59);1H. The van der Waals surface area contributed by atoms with Gasteiger partial charge in [-0.15, -0.1) is 12.4 Å². The van der Waals surface area contributed by atoms with E-state index in [0.717, 1.165) is 100 Å². The number of aromatic amines is 1. The number of nitro benzene ring substituents is 1. The highest BCUT2D eigenvalue weighted by molar-refractivity contribution is 7.90. The number of nitro groups is 1. The maximum atomic E-state index is 14.2. The molecule has 0 atom stereocenters. The highest BCUT2D eigenvalue weighted by Crippen LogP contribution is 2.43. The van der Waals surface area contributed by atoms with Crippen molar-refractivity contribution in [3.63, 3.8) is 0 Å². The van der Waals surface area contributed by atoms with Crippen LogP contribution in [0.3, 0.4) is 0 Å². The van der Waals surface area contributed by atoms with Crippen LogP contribution in [0.5, 0.6) is 0 Å². The van der Waals surface area contributed by atoms with Gasteiger partial charge in [-0.3, -0.25) is 19.8 Å². The van der Waals surface area contributed by atoms with Crippen LogP contribution in [0.2, 0.25) is 5.02 Å². The van der Waals surface area contributed by atoms with E-state index in [4.69, 9.17) is 16.6 Å². The number of sulfonamides is 1. The van der Waals surface area contributed by atoms with Gasteiger partial charge in [0.15, 0.2) is 0 Å². The third-order valence-electron chi connectivity index (χ3n) is 13.2. The first-order valence-electron chi connectivity index (χ1n) is 21.9. The quantitative estimate of drug-likeness (QED) is 0.0793. The summed E-state index contributed by atoms with van der Waals surface area (Å²) in [6.07, 6.45) is 8.53. The number of fused-ring (bicyclic) bond motifs is 2. The Bertz CT molecular complexity index is 2880. The van der Waals surface area contributed by atoms with Gasteiger partial charge < -0.3 is 20.1 Å². The zero-order valence-electron chi connectivity index (χ0n) is 36.7. The lowest BCUT2D eigenvalue weighted by Crippen LogP contribution is -2.47. The molecule has 0 spiro atoms. The molecule has 0 unspecified atom stereocenters. The summed E-state index contributed by atoms with van der Waals surface area (Å²) in [7, 11) is -2.49. The Labute approximate surface area is 389 Å². The minimum absolute atomic E-state index is 0. The summed E-state index contributed by atoms with van der Waals surface area (Å²) < 4.78 is 31.5. The van der Waals surface area contributed by atoms with Crippen molar-refractivity contribution in [3.05, 3.63) is 117 Å². The van der Waals surface area contributed by atoms with Gasteiger partial charge in [0.1, 0.15) is 16.9 Å². The van der Waals surface area contributed by atoms with Crippen molar-refractivity contribution in [1.82, 2.24) is 34.3 Å². The molecule has 0 bridgehead atoms. The van der Waals surface area contributed by atoms with Gasteiger partial charge in [-0.25, -0.2) is 22.8 Å². The predicted molar refractivity (Wildman–Crippen MR) is 259 cm³/mol. The number of piperazine rings is 1. The smallest absolute Gasteiger partial charge is 0.293 e. The summed E-state index contributed by atoms with van der Waals surface area (Å²) >= 11 is 6.26.